The summed E-state index contributed by atoms with van der Waals surface area (Å²) >= 11 is 6.10. The molecule has 18 heavy (non-hydrogen) atoms. The average molecular weight is 270 g/mol. The van der Waals surface area contributed by atoms with Crippen molar-refractivity contribution in [1.29, 1.82) is 0 Å². The first-order valence-electron chi connectivity index (χ1n) is 5.95. The Bertz CT molecular complexity index is 453. The Labute approximate surface area is 111 Å². The van der Waals surface area contributed by atoms with Crippen LogP contribution in [0.5, 0.6) is 0 Å². The second kappa shape index (κ2) is 5.65. The van der Waals surface area contributed by atoms with Crippen LogP contribution in [0.25, 0.3) is 0 Å². The topological polar surface area (TPSA) is 58.4 Å². The second-order valence-corrected chi connectivity index (χ2v) is 4.96. The zero-order valence-corrected chi connectivity index (χ0v) is 11.0. The molecule has 0 unspecified atom stereocenters. The number of rotatable bonds is 3. The number of hydrogen-bond acceptors (Lipinski definition) is 4. The van der Waals surface area contributed by atoms with E-state index in [9.17, 15) is 10.1 Å². The predicted octanol–water partition coefficient (Wildman–Crippen LogP) is 2.04. The zero-order chi connectivity index (χ0) is 13.1. The summed E-state index contributed by atoms with van der Waals surface area (Å²) in [4.78, 5) is 12.7. The van der Waals surface area contributed by atoms with Gasteiger partial charge in [0.1, 0.15) is 0 Å². The van der Waals surface area contributed by atoms with Gasteiger partial charge in [0.15, 0.2) is 0 Å². The highest BCUT2D eigenvalue weighted by Gasteiger charge is 2.20. The molecule has 1 heterocycles. The summed E-state index contributed by atoms with van der Waals surface area (Å²) in [5, 5.41) is 14.7. The van der Waals surface area contributed by atoms with Gasteiger partial charge in [-0.3, -0.25) is 15.0 Å². The lowest BCUT2D eigenvalue weighted by molar-refractivity contribution is -0.384. The molecule has 1 aromatic carbocycles. The van der Waals surface area contributed by atoms with Gasteiger partial charge in [0.2, 0.25) is 0 Å². The normalized spacial score (nSPS) is 20.9. The first kappa shape index (κ1) is 13.3. The Balaban J connectivity index is 2.17. The highest BCUT2D eigenvalue weighted by molar-refractivity contribution is 6.31. The number of nitrogens with zero attached hydrogens (tertiary/aromatic N) is 2. The minimum Gasteiger partial charge on any atom is -0.314 e. The smallest absolute Gasteiger partial charge is 0.269 e. The summed E-state index contributed by atoms with van der Waals surface area (Å²) in [6.07, 6.45) is 0. The third-order valence-corrected chi connectivity index (χ3v) is 3.62. The van der Waals surface area contributed by atoms with E-state index in [0.29, 0.717) is 17.6 Å². The van der Waals surface area contributed by atoms with E-state index in [1.165, 1.54) is 6.07 Å². The number of nitro groups is 1. The lowest BCUT2D eigenvalue weighted by Crippen LogP contribution is -2.49. The van der Waals surface area contributed by atoms with Crippen molar-refractivity contribution in [1.82, 2.24) is 10.2 Å². The van der Waals surface area contributed by atoms with Crippen LogP contribution in [-0.2, 0) is 6.54 Å². The molecule has 6 heteroatoms. The van der Waals surface area contributed by atoms with Gasteiger partial charge in [-0.05, 0) is 18.6 Å². The van der Waals surface area contributed by atoms with Crippen molar-refractivity contribution in [3.8, 4) is 0 Å². The lowest BCUT2D eigenvalue weighted by atomic mass is 10.1. The van der Waals surface area contributed by atoms with E-state index in [2.05, 4.69) is 17.1 Å². The summed E-state index contributed by atoms with van der Waals surface area (Å²) in [6.45, 7) is 5.60. The third-order valence-electron chi connectivity index (χ3n) is 3.25. The van der Waals surface area contributed by atoms with Crippen LogP contribution in [-0.4, -0.2) is 35.5 Å². The second-order valence-electron chi connectivity index (χ2n) is 4.56. The fourth-order valence-electron chi connectivity index (χ4n) is 2.13. The number of halogens is 1. The van der Waals surface area contributed by atoms with Gasteiger partial charge >= 0.3 is 0 Å². The molecule has 0 bridgehead atoms. The fourth-order valence-corrected chi connectivity index (χ4v) is 2.31. The third kappa shape index (κ3) is 2.98. The Morgan fingerprint density at radius 2 is 2.39 bits per heavy atom. The standard InChI is InChI=1S/C12H16ClN3O2/c1-9-7-14-4-5-15(9)8-10-6-11(16(17)18)2-3-12(10)13/h2-3,6,9,14H,4-5,7-8H2,1H3/t9-/m0/s1. The molecule has 1 aromatic rings. The molecule has 1 saturated heterocycles. The first-order valence-corrected chi connectivity index (χ1v) is 6.33. The minimum absolute atomic E-state index is 0.0946. The molecule has 5 nitrogen and oxygen atoms in total. The van der Waals surface area contributed by atoms with Gasteiger partial charge in [0.25, 0.3) is 5.69 Å². The molecular weight excluding hydrogens is 254 g/mol. The van der Waals surface area contributed by atoms with Crippen LogP contribution in [0, 0.1) is 10.1 Å². The maximum absolute atomic E-state index is 10.8. The van der Waals surface area contributed by atoms with Gasteiger partial charge in [-0.2, -0.15) is 0 Å². The quantitative estimate of drug-likeness (QED) is 0.674. The van der Waals surface area contributed by atoms with E-state index in [0.717, 1.165) is 25.2 Å². The highest BCUT2D eigenvalue weighted by Crippen LogP contribution is 2.24. The predicted molar refractivity (Wildman–Crippen MR) is 70.8 cm³/mol. The molecule has 0 radical (unpaired) electrons. The van der Waals surface area contributed by atoms with Crippen molar-refractivity contribution in [2.24, 2.45) is 0 Å². The molecule has 1 aliphatic heterocycles. The number of non-ortho nitro benzene ring substituents is 1. The molecule has 0 aliphatic carbocycles. The Morgan fingerprint density at radius 3 is 3.06 bits per heavy atom. The molecule has 1 atom stereocenters. The van der Waals surface area contributed by atoms with Crippen LogP contribution in [0.2, 0.25) is 5.02 Å². The molecule has 98 valence electrons. The highest BCUT2D eigenvalue weighted by atomic mass is 35.5. The first-order chi connectivity index (χ1) is 8.58. The van der Waals surface area contributed by atoms with E-state index < -0.39 is 0 Å². The average Bonchev–Trinajstić information content (AvgIpc) is 2.34. The van der Waals surface area contributed by atoms with Crippen molar-refractivity contribution in [2.45, 2.75) is 19.5 Å². The molecule has 0 saturated carbocycles. The van der Waals surface area contributed by atoms with E-state index in [-0.39, 0.29) is 10.6 Å². The van der Waals surface area contributed by atoms with Gasteiger partial charge in [0.05, 0.1) is 4.92 Å². The largest absolute Gasteiger partial charge is 0.314 e. The van der Waals surface area contributed by atoms with E-state index in [1.807, 2.05) is 0 Å². The van der Waals surface area contributed by atoms with E-state index in [1.54, 1.807) is 12.1 Å². The summed E-state index contributed by atoms with van der Waals surface area (Å²) in [6, 6.07) is 5.01. The molecule has 0 amide bonds. The summed E-state index contributed by atoms with van der Waals surface area (Å²) in [5.74, 6) is 0. The van der Waals surface area contributed by atoms with Gasteiger partial charge < -0.3 is 5.32 Å². The Kier molecular flexibility index (Phi) is 4.16. The van der Waals surface area contributed by atoms with Crippen LogP contribution in [0.1, 0.15) is 12.5 Å². The maximum atomic E-state index is 10.8. The van der Waals surface area contributed by atoms with Gasteiger partial charge in [-0.1, -0.05) is 11.6 Å². The molecule has 1 fully saturated rings. The van der Waals surface area contributed by atoms with Gasteiger partial charge in [0, 0.05) is 49.4 Å². The SMILES string of the molecule is C[C@H]1CNCCN1Cc1cc([N+](=O)[O-])ccc1Cl. The molecule has 0 aromatic heterocycles. The van der Waals surface area contributed by atoms with Crippen LogP contribution >= 0.6 is 11.6 Å². The molecule has 1 N–H and O–H groups in total. The van der Waals surface area contributed by atoms with Crippen LogP contribution in [0.4, 0.5) is 5.69 Å². The van der Waals surface area contributed by atoms with Crippen molar-refractivity contribution in [3.63, 3.8) is 0 Å². The van der Waals surface area contributed by atoms with Crippen LogP contribution in [0.3, 0.4) is 0 Å². The molecule has 0 spiro atoms. The zero-order valence-electron chi connectivity index (χ0n) is 10.2. The van der Waals surface area contributed by atoms with E-state index in [4.69, 9.17) is 11.6 Å². The number of nitrogens with one attached hydrogen (secondary N) is 1. The van der Waals surface area contributed by atoms with Crippen LogP contribution < -0.4 is 5.32 Å². The number of hydrogen-bond donors (Lipinski definition) is 1. The lowest BCUT2D eigenvalue weighted by Gasteiger charge is -2.34. The Hall–Kier alpha value is -1.17. The monoisotopic (exact) mass is 269 g/mol. The number of nitro benzene ring substituents is 1. The summed E-state index contributed by atoms with van der Waals surface area (Å²) in [7, 11) is 0. The minimum atomic E-state index is -0.388. The van der Waals surface area contributed by atoms with Crippen molar-refractivity contribution in [2.75, 3.05) is 19.6 Å². The molecule has 2 rings (SSSR count). The van der Waals surface area contributed by atoms with Gasteiger partial charge in [-0.25, -0.2) is 0 Å². The number of piperazine rings is 1. The van der Waals surface area contributed by atoms with Gasteiger partial charge in [-0.15, -0.1) is 0 Å². The summed E-state index contributed by atoms with van der Waals surface area (Å²) < 4.78 is 0. The van der Waals surface area contributed by atoms with Crippen molar-refractivity contribution >= 4 is 17.3 Å². The van der Waals surface area contributed by atoms with Crippen molar-refractivity contribution in [3.05, 3.63) is 38.9 Å². The number of benzene rings is 1. The molecular formula is C12H16ClN3O2. The Morgan fingerprint density at radius 1 is 1.61 bits per heavy atom. The van der Waals surface area contributed by atoms with E-state index >= 15 is 0 Å². The summed E-state index contributed by atoms with van der Waals surface area (Å²) in [5.41, 5.74) is 0.914. The fraction of sp³-hybridized carbons (Fsp3) is 0.500. The van der Waals surface area contributed by atoms with Crippen molar-refractivity contribution < 1.29 is 4.92 Å². The molecule has 1 aliphatic rings. The maximum Gasteiger partial charge on any atom is 0.269 e. The van der Waals surface area contributed by atoms with Crippen LogP contribution in [0.15, 0.2) is 18.2 Å².